The number of ether oxygens (including phenoxy) is 1. The highest BCUT2D eigenvalue weighted by atomic mass is 19.1. The fourth-order valence-electron chi connectivity index (χ4n) is 2.51. The molecule has 1 fully saturated rings. The quantitative estimate of drug-likeness (QED) is 0.944. The van der Waals surface area contributed by atoms with Gasteiger partial charge in [0.15, 0.2) is 0 Å². The standard InChI is InChI=1S/C16H18FN3O2/c1-16(7-2-8-22-16)15(21)19-14-9-18-20(11-14)10-12-3-5-13(17)6-4-12/h3-6,9,11H,2,7-8,10H2,1H3,(H,19,21). The zero-order chi connectivity index (χ0) is 15.6. The minimum Gasteiger partial charge on any atom is -0.365 e. The Morgan fingerprint density at radius 1 is 1.45 bits per heavy atom. The molecule has 1 amide bonds. The van der Waals surface area contributed by atoms with Gasteiger partial charge in [-0.1, -0.05) is 12.1 Å². The molecule has 116 valence electrons. The summed E-state index contributed by atoms with van der Waals surface area (Å²) in [5.41, 5.74) is 0.816. The van der Waals surface area contributed by atoms with Crippen LogP contribution >= 0.6 is 0 Å². The van der Waals surface area contributed by atoms with Crippen LogP contribution in [0.15, 0.2) is 36.7 Å². The van der Waals surface area contributed by atoms with E-state index in [1.807, 2.05) is 0 Å². The maximum Gasteiger partial charge on any atom is 0.256 e. The third-order valence-electron chi connectivity index (χ3n) is 3.85. The molecule has 0 radical (unpaired) electrons. The van der Waals surface area contributed by atoms with Gasteiger partial charge in [-0.3, -0.25) is 9.48 Å². The average Bonchev–Trinajstić information content (AvgIpc) is 3.12. The molecule has 1 saturated heterocycles. The fourth-order valence-corrected chi connectivity index (χ4v) is 2.51. The molecule has 1 N–H and O–H groups in total. The second-order valence-corrected chi connectivity index (χ2v) is 5.69. The van der Waals surface area contributed by atoms with Crippen LogP contribution in [0.1, 0.15) is 25.3 Å². The van der Waals surface area contributed by atoms with Crippen molar-refractivity contribution in [3.63, 3.8) is 0 Å². The van der Waals surface area contributed by atoms with E-state index in [0.29, 0.717) is 18.8 Å². The molecule has 5 nitrogen and oxygen atoms in total. The van der Waals surface area contributed by atoms with Crippen molar-refractivity contribution in [2.75, 3.05) is 11.9 Å². The van der Waals surface area contributed by atoms with Crippen LogP contribution in [-0.2, 0) is 16.1 Å². The van der Waals surface area contributed by atoms with E-state index in [4.69, 9.17) is 4.74 Å². The Bertz CT molecular complexity index is 660. The summed E-state index contributed by atoms with van der Waals surface area (Å²) in [4.78, 5) is 12.2. The number of benzene rings is 1. The van der Waals surface area contributed by atoms with Gasteiger partial charge < -0.3 is 10.1 Å². The first-order valence-electron chi connectivity index (χ1n) is 7.27. The highest BCUT2D eigenvalue weighted by Gasteiger charge is 2.37. The summed E-state index contributed by atoms with van der Waals surface area (Å²) in [7, 11) is 0. The molecule has 2 heterocycles. The summed E-state index contributed by atoms with van der Waals surface area (Å²) in [6, 6.07) is 6.25. The van der Waals surface area contributed by atoms with Crippen LogP contribution in [0.25, 0.3) is 0 Å². The van der Waals surface area contributed by atoms with Crippen LogP contribution in [0.5, 0.6) is 0 Å². The lowest BCUT2D eigenvalue weighted by Crippen LogP contribution is -2.39. The Balaban J connectivity index is 1.63. The molecule has 1 aliphatic heterocycles. The average molecular weight is 303 g/mol. The van der Waals surface area contributed by atoms with E-state index in [1.165, 1.54) is 12.1 Å². The number of hydrogen-bond acceptors (Lipinski definition) is 3. The first-order chi connectivity index (χ1) is 10.5. The van der Waals surface area contributed by atoms with Crippen LogP contribution in [0.4, 0.5) is 10.1 Å². The lowest BCUT2D eigenvalue weighted by Gasteiger charge is -2.21. The molecule has 1 aromatic heterocycles. The van der Waals surface area contributed by atoms with Crippen molar-refractivity contribution in [2.45, 2.75) is 31.9 Å². The summed E-state index contributed by atoms with van der Waals surface area (Å²) in [6.45, 7) is 2.94. The molecular weight excluding hydrogens is 285 g/mol. The van der Waals surface area contributed by atoms with Crippen molar-refractivity contribution in [1.29, 1.82) is 0 Å². The van der Waals surface area contributed by atoms with Gasteiger partial charge in [-0.15, -0.1) is 0 Å². The number of hydrogen-bond donors (Lipinski definition) is 1. The van der Waals surface area contributed by atoms with Crippen LogP contribution in [0.3, 0.4) is 0 Å². The number of rotatable bonds is 4. The van der Waals surface area contributed by atoms with Crippen LogP contribution < -0.4 is 5.32 Å². The first kappa shape index (κ1) is 14.7. The maximum absolute atomic E-state index is 12.9. The summed E-state index contributed by atoms with van der Waals surface area (Å²) < 4.78 is 20.1. The molecule has 0 aliphatic carbocycles. The van der Waals surface area contributed by atoms with Gasteiger partial charge in [0.2, 0.25) is 0 Å². The van der Waals surface area contributed by atoms with Crippen LogP contribution in [-0.4, -0.2) is 27.9 Å². The van der Waals surface area contributed by atoms with Gasteiger partial charge in [0.25, 0.3) is 5.91 Å². The Labute approximate surface area is 128 Å². The summed E-state index contributed by atoms with van der Waals surface area (Å²) >= 11 is 0. The minimum absolute atomic E-state index is 0.147. The monoisotopic (exact) mass is 303 g/mol. The molecule has 0 saturated carbocycles. The van der Waals surface area contributed by atoms with Crippen molar-refractivity contribution < 1.29 is 13.9 Å². The second-order valence-electron chi connectivity index (χ2n) is 5.69. The normalized spacial score (nSPS) is 21.0. The zero-order valence-corrected chi connectivity index (χ0v) is 12.4. The second kappa shape index (κ2) is 5.88. The maximum atomic E-state index is 12.9. The van der Waals surface area contributed by atoms with Crippen molar-refractivity contribution in [1.82, 2.24) is 9.78 Å². The first-order valence-corrected chi connectivity index (χ1v) is 7.27. The smallest absolute Gasteiger partial charge is 0.256 e. The Kier molecular flexibility index (Phi) is 3.94. The number of carbonyl (C=O) groups excluding carboxylic acids is 1. The third kappa shape index (κ3) is 3.17. The van der Waals surface area contributed by atoms with E-state index in [0.717, 1.165) is 18.4 Å². The summed E-state index contributed by atoms with van der Waals surface area (Å²) in [5, 5.41) is 7.04. The van der Waals surface area contributed by atoms with Crippen LogP contribution in [0, 0.1) is 5.82 Å². The van der Waals surface area contributed by atoms with E-state index in [9.17, 15) is 9.18 Å². The SMILES string of the molecule is CC1(C(=O)Nc2cnn(Cc3ccc(F)cc3)c2)CCCO1. The Morgan fingerprint density at radius 2 is 2.23 bits per heavy atom. The van der Waals surface area contributed by atoms with E-state index >= 15 is 0 Å². The van der Waals surface area contributed by atoms with E-state index in [-0.39, 0.29) is 11.7 Å². The molecule has 2 aromatic rings. The predicted octanol–water partition coefficient (Wildman–Crippen LogP) is 2.58. The fraction of sp³-hybridized carbons (Fsp3) is 0.375. The topological polar surface area (TPSA) is 56.2 Å². The van der Waals surface area contributed by atoms with Gasteiger partial charge >= 0.3 is 0 Å². The number of aromatic nitrogens is 2. The number of nitrogens with zero attached hydrogens (tertiary/aromatic N) is 2. The van der Waals surface area contributed by atoms with Crippen molar-refractivity contribution >= 4 is 11.6 Å². The van der Waals surface area contributed by atoms with E-state index < -0.39 is 5.60 Å². The largest absolute Gasteiger partial charge is 0.365 e. The third-order valence-corrected chi connectivity index (χ3v) is 3.85. The summed E-state index contributed by atoms with van der Waals surface area (Å²) in [5.74, 6) is -0.409. The van der Waals surface area contributed by atoms with Gasteiger partial charge in [0, 0.05) is 12.8 Å². The van der Waals surface area contributed by atoms with Gasteiger partial charge in [-0.25, -0.2) is 4.39 Å². The Morgan fingerprint density at radius 3 is 2.91 bits per heavy atom. The molecule has 22 heavy (non-hydrogen) atoms. The zero-order valence-electron chi connectivity index (χ0n) is 12.4. The van der Waals surface area contributed by atoms with Gasteiger partial charge in [0.05, 0.1) is 18.4 Å². The van der Waals surface area contributed by atoms with E-state index in [2.05, 4.69) is 10.4 Å². The number of carbonyl (C=O) groups is 1. The van der Waals surface area contributed by atoms with Gasteiger partial charge in [-0.2, -0.15) is 5.10 Å². The summed E-state index contributed by atoms with van der Waals surface area (Å²) in [6.07, 6.45) is 4.97. The Hall–Kier alpha value is -2.21. The molecule has 3 rings (SSSR count). The molecule has 1 aromatic carbocycles. The number of halogens is 1. The number of anilines is 1. The van der Waals surface area contributed by atoms with Crippen molar-refractivity contribution in [3.05, 3.63) is 48.0 Å². The highest BCUT2D eigenvalue weighted by molar-refractivity contribution is 5.97. The molecule has 0 spiro atoms. The predicted molar refractivity (Wildman–Crippen MR) is 79.9 cm³/mol. The van der Waals surface area contributed by atoms with Gasteiger partial charge in [-0.05, 0) is 37.5 Å². The van der Waals surface area contributed by atoms with Crippen molar-refractivity contribution in [2.24, 2.45) is 0 Å². The lowest BCUT2D eigenvalue weighted by molar-refractivity contribution is -0.133. The molecule has 0 bridgehead atoms. The van der Waals surface area contributed by atoms with E-state index in [1.54, 1.807) is 36.1 Å². The van der Waals surface area contributed by atoms with Crippen LogP contribution in [0.2, 0.25) is 0 Å². The molecule has 6 heteroatoms. The highest BCUT2D eigenvalue weighted by Crippen LogP contribution is 2.26. The minimum atomic E-state index is -0.751. The van der Waals surface area contributed by atoms with Gasteiger partial charge in [0.1, 0.15) is 11.4 Å². The molecular formula is C16H18FN3O2. The molecule has 1 unspecified atom stereocenters. The molecule has 1 atom stereocenters. The molecule has 1 aliphatic rings. The van der Waals surface area contributed by atoms with Crippen molar-refractivity contribution in [3.8, 4) is 0 Å². The number of amides is 1. The number of nitrogens with one attached hydrogen (secondary N) is 1. The lowest BCUT2D eigenvalue weighted by atomic mass is 10.0.